The molecular formula is C21H23N5O4S. The number of carbonyl (C=O) groups excluding carboxylic acids is 1. The number of aromatic nitrogens is 3. The Kier molecular flexibility index (Phi) is 4.52. The van der Waals surface area contributed by atoms with Crippen molar-refractivity contribution in [2.24, 2.45) is 0 Å². The fourth-order valence-corrected chi connectivity index (χ4v) is 5.88. The zero-order chi connectivity index (χ0) is 21.8. The maximum absolute atomic E-state index is 13.1. The molecule has 4 heterocycles. The summed E-state index contributed by atoms with van der Waals surface area (Å²) >= 11 is 0. The molecule has 10 heteroatoms. The van der Waals surface area contributed by atoms with E-state index in [-0.39, 0.29) is 5.91 Å². The van der Waals surface area contributed by atoms with Crippen LogP contribution in [0.1, 0.15) is 29.8 Å². The predicted molar refractivity (Wildman–Crippen MR) is 115 cm³/mol. The average Bonchev–Trinajstić information content (AvgIpc) is 3.25. The smallest absolute Gasteiger partial charge is 0.261 e. The summed E-state index contributed by atoms with van der Waals surface area (Å²) in [5.41, 5.74) is 2.78. The van der Waals surface area contributed by atoms with E-state index in [0.717, 1.165) is 5.56 Å². The number of benzene rings is 1. The molecule has 0 atom stereocenters. The quantitative estimate of drug-likeness (QED) is 0.662. The van der Waals surface area contributed by atoms with E-state index in [1.807, 2.05) is 0 Å². The van der Waals surface area contributed by atoms with Gasteiger partial charge in [-0.05, 0) is 44.0 Å². The van der Waals surface area contributed by atoms with Crippen LogP contribution >= 0.6 is 0 Å². The third-order valence-electron chi connectivity index (χ3n) is 5.94. The van der Waals surface area contributed by atoms with Gasteiger partial charge in [0.15, 0.2) is 15.5 Å². The van der Waals surface area contributed by atoms with Gasteiger partial charge in [0.25, 0.3) is 5.91 Å². The summed E-state index contributed by atoms with van der Waals surface area (Å²) in [4.78, 5) is 19.8. The highest BCUT2D eigenvalue weighted by molar-refractivity contribution is 7.93. The predicted octanol–water partition coefficient (Wildman–Crippen LogP) is 1.93. The Balaban J connectivity index is 1.58. The van der Waals surface area contributed by atoms with Crippen LogP contribution in [0.5, 0.6) is 0 Å². The second kappa shape index (κ2) is 7.03. The third kappa shape index (κ3) is 3.17. The first-order valence-electron chi connectivity index (χ1n) is 10.1. The van der Waals surface area contributed by atoms with Gasteiger partial charge in [-0.2, -0.15) is 5.10 Å². The van der Waals surface area contributed by atoms with Crippen LogP contribution in [0.4, 0.5) is 11.4 Å². The van der Waals surface area contributed by atoms with Crippen LogP contribution in [0.15, 0.2) is 41.7 Å². The zero-order valence-electron chi connectivity index (χ0n) is 17.3. The first kappa shape index (κ1) is 20.0. The summed E-state index contributed by atoms with van der Waals surface area (Å²) in [5, 5.41) is 7.15. The number of carbonyl (C=O) groups is 1. The van der Waals surface area contributed by atoms with Crippen molar-refractivity contribution in [3.05, 3.63) is 47.9 Å². The summed E-state index contributed by atoms with van der Waals surface area (Å²) < 4.78 is 32.2. The topological polar surface area (TPSA) is 106 Å². The minimum absolute atomic E-state index is 0.342. The van der Waals surface area contributed by atoms with E-state index in [9.17, 15) is 13.2 Å². The van der Waals surface area contributed by atoms with Gasteiger partial charge in [-0.1, -0.05) is 0 Å². The molecule has 1 amide bonds. The SMILES string of the molecule is CC1(C)Cc2cc(NC(=O)c3cnn4cccnc34)c(N3CCOCC3)cc2S1(=O)=O. The van der Waals surface area contributed by atoms with Crippen LogP contribution in [0, 0.1) is 0 Å². The summed E-state index contributed by atoms with van der Waals surface area (Å²) in [6.07, 6.45) is 5.21. The van der Waals surface area contributed by atoms with E-state index in [0.29, 0.717) is 60.2 Å². The monoisotopic (exact) mass is 441 g/mol. The van der Waals surface area contributed by atoms with Gasteiger partial charge in [0.2, 0.25) is 0 Å². The lowest BCUT2D eigenvalue weighted by Gasteiger charge is -2.31. The highest BCUT2D eigenvalue weighted by Gasteiger charge is 2.44. The second-order valence-corrected chi connectivity index (χ2v) is 11.0. The average molecular weight is 442 g/mol. The molecule has 5 rings (SSSR count). The van der Waals surface area contributed by atoms with E-state index in [1.54, 1.807) is 44.4 Å². The highest BCUT2D eigenvalue weighted by atomic mass is 32.2. The van der Waals surface area contributed by atoms with Gasteiger partial charge in [-0.15, -0.1) is 0 Å². The molecule has 2 aliphatic rings. The Morgan fingerprint density at radius 3 is 2.77 bits per heavy atom. The number of morpholine rings is 1. The maximum atomic E-state index is 13.1. The van der Waals surface area contributed by atoms with Crippen LogP contribution in [0.3, 0.4) is 0 Å². The number of hydrogen-bond acceptors (Lipinski definition) is 7. The molecule has 0 aliphatic carbocycles. The van der Waals surface area contributed by atoms with Gasteiger partial charge < -0.3 is 15.0 Å². The molecule has 0 unspecified atom stereocenters. The molecule has 1 saturated heterocycles. The van der Waals surface area contributed by atoms with E-state index >= 15 is 0 Å². The first-order chi connectivity index (χ1) is 14.8. The molecule has 1 fully saturated rings. The minimum Gasteiger partial charge on any atom is -0.378 e. The van der Waals surface area contributed by atoms with Gasteiger partial charge in [-0.25, -0.2) is 17.9 Å². The summed E-state index contributed by atoms with van der Waals surface area (Å²) in [7, 11) is -3.46. The van der Waals surface area contributed by atoms with Gasteiger partial charge in [-0.3, -0.25) is 4.79 Å². The van der Waals surface area contributed by atoms with E-state index < -0.39 is 14.6 Å². The van der Waals surface area contributed by atoms with Crippen molar-refractivity contribution in [1.29, 1.82) is 0 Å². The molecular weight excluding hydrogens is 418 g/mol. The number of sulfone groups is 1. The summed E-state index contributed by atoms with van der Waals surface area (Å²) in [5.74, 6) is -0.344. The van der Waals surface area contributed by atoms with Gasteiger partial charge >= 0.3 is 0 Å². The van der Waals surface area contributed by atoms with Crippen molar-refractivity contribution in [1.82, 2.24) is 14.6 Å². The maximum Gasteiger partial charge on any atom is 0.261 e. The van der Waals surface area contributed by atoms with Crippen LogP contribution < -0.4 is 10.2 Å². The first-order valence-corrected chi connectivity index (χ1v) is 11.6. The molecule has 3 aromatic rings. The van der Waals surface area contributed by atoms with Crippen molar-refractivity contribution in [2.45, 2.75) is 29.9 Å². The molecule has 9 nitrogen and oxygen atoms in total. The van der Waals surface area contributed by atoms with Gasteiger partial charge in [0, 0.05) is 25.5 Å². The molecule has 1 N–H and O–H groups in total. The molecule has 2 aliphatic heterocycles. The lowest BCUT2D eigenvalue weighted by molar-refractivity contribution is 0.102. The van der Waals surface area contributed by atoms with Crippen molar-refractivity contribution in [3.63, 3.8) is 0 Å². The van der Waals surface area contributed by atoms with Crippen molar-refractivity contribution < 1.29 is 17.9 Å². The molecule has 0 bridgehead atoms. The van der Waals surface area contributed by atoms with Gasteiger partial charge in [0.1, 0.15) is 5.56 Å². The van der Waals surface area contributed by atoms with Crippen LogP contribution in [0.25, 0.3) is 5.65 Å². The Bertz CT molecular complexity index is 1290. The minimum atomic E-state index is -3.46. The van der Waals surface area contributed by atoms with E-state index in [1.165, 1.54) is 10.7 Å². The normalized spacial score (nSPS) is 19.4. The fourth-order valence-electron chi connectivity index (χ4n) is 4.20. The highest BCUT2D eigenvalue weighted by Crippen LogP contribution is 2.43. The zero-order valence-corrected chi connectivity index (χ0v) is 18.1. The number of nitrogens with zero attached hydrogens (tertiary/aromatic N) is 4. The molecule has 0 spiro atoms. The number of anilines is 2. The number of amides is 1. The van der Waals surface area contributed by atoms with Crippen LogP contribution in [-0.2, 0) is 21.0 Å². The molecule has 31 heavy (non-hydrogen) atoms. The van der Waals surface area contributed by atoms with Crippen molar-refractivity contribution in [3.8, 4) is 0 Å². The molecule has 2 aromatic heterocycles. The Morgan fingerprint density at radius 1 is 1.23 bits per heavy atom. The largest absolute Gasteiger partial charge is 0.378 e. The van der Waals surface area contributed by atoms with E-state index in [4.69, 9.17) is 4.74 Å². The second-order valence-electron chi connectivity index (χ2n) is 8.42. The van der Waals surface area contributed by atoms with Crippen molar-refractivity contribution in [2.75, 3.05) is 36.5 Å². The summed E-state index contributed by atoms with van der Waals surface area (Å²) in [6, 6.07) is 5.24. The molecule has 0 radical (unpaired) electrons. The number of ether oxygens (including phenoxy) is 1. The van der Waals surface area contributed by atoms with Crippen molar-refractivity contribution >= 4 is 32.8 Å². The Hall–Kier alpha value is -2.98. The molecule has 162 valence electrons. The third-order valence-corrected chi connectivity index (χ3v) is 8.49. The fraction of sp³-hybridized carbons (Fsp3) is 0.381. The lowest BCUT2D eigenvalue weighted by Crippen LogP contribution is -2.37. The number of nitrogens with one attached hydrogen (secondary N) is 1. The number of fused-ring (bicyclic) bond motifs is 2. The number of hydrogen-bond donors (Lipinski definition) is 1. The van der Waals surface area contributed by atoms with Crippen LogP contribution in [-0.4, -0.2) is 60.0 Å². The Morgan fingerprint density at radius 2 is 2.00 bits per heavy atom. The molecule has 1 aromatic carbocycles. The molecule has 0 saturated carbocycles. The van der Waals surface area contributed by atoms with E-state index in [2.05, 4.69) is 20.3 Å². The van der Waals surface area contributed by atoms with Crippen LogP contribution in [0.2, 0.25) is 0 Å². The van der Waals surface area contributed by atoms with Gasteiger partial charge in [0.05, 0.1) is 40.4 Å². The standard InChI is InChI=1S/C21H23N5O4S/c1-21(2)12-14-10-16(24-20(27)15-13-23-26-5-3-4-22-19(15)26)17(11-18(14)31(21,28)29)25-6-8-30-9-7-25/h3-5,10-11,13H,6-9,12H2,1-2H3,(H,24,27). The summed E-state index contributed by atoms with van der Waals surface area (Å²) in [6.45, 7) is 5.79. The number of rotatable bonds is 3. The lowest BCUT2D eigenvalue weighted by atomic mass is 10.0. The Labute approximate surface area is 179 Å².